The first-order valence-corrected chi connectivity index (χ1v) is 13.0. The predicted octanol–water partition coefficient (Wildman–Crippen LogP) is -1.67. The smallest absolute Gasteiger partial charge is 0.256 e. The Kier molecular flexibility index (Phi) is 13.9. The van der Waals surface area contributed by atoms with Crippen LogP contribution in [-0.2, 0) is 4.79 Å². The fraction of sp³-hybridized carbons (Fsp3) is 0.526. The van der Waals surface area contributed by atoms with E-state index in [1.165, 1.54) is 7.05 Å². The van der Waals surface area contributed by atoms with Crippen molar-refractivity contribution in [2.45, 2.75) is 12.1 Å². The summed E-state index contributed by atoms with van der Waals surface area (Å²) in [6, 6.07) is -1.91. The Balaban J connectivity index is 3.94. The molecule has 0 aliphatic rings. The number of nitrogens with zero attached hydrogens (tertiary/aromatic N) is 2. The van der Waals surface area contributed by atoms with E-state index >= 15 is 0 Å². The van der Waals surface area contributed by atoms with Gasteiger partial charge in [-0.25, -0.2) is 0 Å². The highest BCUT2D eigenvalue weighted by Gasteiger charge is 2.34. The number of hydrogen-bond donors (Lipinski definition) is 7. The molecule has 15 heteroatoms. The standard InChI is InChI=1S/C19H26I3N3O9/c1-24(10(6-29)7-30)19(34)13-14(20)12(18(33)23-9(4-27)5-28)15(21)17(16(13)22)25(2-3-26)11(32)8-31/h9-10,26-31H,2-8H2,1H3,(H,23,33). The molecule has 3 amide bonds. The number of benzene rings is 1. The van der Waals surface area contributed by atoms with Gasteiger partial charge >= 0.3 is 0 Å². The molecule has 34 heavy (non-hydrogen) atoms. The maximum absolute atomic E-state index is 13.4. The Morgan fingerprint density at radius 1 is 0.853 bits per heavy atom. The Morgan fingerprint density at radius 2 is 1.38 bits per heavy atom. The Labute approximate surface area is 236 Å². The first-order chi connectivity index (χ1) is 16.1. The van der Waals surface area contributed by atoms with Gasteiger partial charge in [0.15, 0.2) is 0 Å². The van der Waals surface area contributed by atoms with Gasteiger partial charge in [0.05, 0.1) is 69.1 Å². The van der Waals surface area contributed by atoms with Crippen molar-refractivity contribution < 1.29 is 45.0 Å². The molecule has 192 valence electrons. The van der Waals surface area contributed by atoms with Crippen LogP contribution in [0.3, 0.4) is 0 Å². The van der Waals surface area contributed by atoms with Crippen LogP contribution in [0.2, 0.25) is 0 Å². The molecule has 0 heterocycles. The lowest BCUT2D eigenvalue weighted by Crippen LogP contribution is -2.44. The van der Waals surface area contributed by atoms with Gasteiger partial charge in [-0.3, -0.25) is 14.4 Å². The van der Waals surface area contributed by atoms with Gasteiger partial charge in [-0.2, -0.15) is 0 Å². The van der Waals surface area contributed by atoms with E-state index in [4.69, 9.17) is 0 Å². The van der Waals surface area contributed by atoms with Crippen LogP contribution in [0.4, 0.5) is 5.69 Å². The van der Waals surface area contributed by atoms with Crippen molar-refractivity contribution in [2.75, 3.05) is 58.1 Å². The largest absolute Gasteiger partial charge is 0.395 e. The molecule has 0 unspecified atom stereocenters. The molecule has 0 aliphatic heterocycles. The molecule has 0 saturated heterocycles. The molecule has 0 spiro atoms. The summed E-state index contributed by atoms with van der Waals surface area (Å²) in [5.74, 6) is -2.18. The zero-order valence-corrected chi connectivity index (χ0v) is 24.5. The molecule has 0 aliphatic carbocycles. The summed E-state index contributed by atoms with van der Waals surface area (Å²) in [6.07, 6.45) is 0. The molecule has 0 bridgehead atoms. The Hall–Kier alpha value is -0.420. The SMILES string of the molecule is CN(C(=O)c1c(I)c(C(=O)NC(CO)CO)c(I)c(N(CCO)C(=O)CO)c1I)C(CO)CO. The third kappa shape index (κ3) is 7.08. The average Bonchev–Trinajstić information content (AvgIpc) is 2.81. The van der Waals surface area contributed by atoms with Crippen LogP contribution in [-0.4, -0.2) is 119 Å². The number of anilines is 1. The summed E-state index contributed by atoms with van der Waals surface area (Å²) in [5.41, 5.74) is 0.0681. The van der Waals surface area contributed by atoms with Gasteiger partial charge in [0.2, 0.25) is 0 Å². The van der Waals surface area contributed by atoms with E-state index in [0.717, 1.165) is 9.80 Å². The van der Waals surface area contributed by atoms with E-state index in [1.807, 2.05) is 45.2 Å². The van der Waals surface area contributed by atoms with E-state index in [1.54, 1.807) is 22.6 Å². The number of likely N-dealkylation sites (N-methyl/N-ethyl adjacent to an activating group) is 1. The normalized spacial score (nSPS) is 11.2. The topological polar surface area (TPSA) is 191 Å². The molecule has 12 nitrogen and oxygen atoms in total. The van der Waals surface area contributed by atoms with Gasteiger partial charge in [0.1, 0.15) is 6.61 Å². The lowest BCUT2D eigenvalue weighted by molar-refractivity contribution is -0.121. The maximum atomic E-state index is 13.4. The average molecular weight is 821 g/mol. The van der Waals surface area contributed by atoms with Crippen molar-refractivity contribution in [3.63, 3.8) is 0 Å². The Bertz CT molecular complexity index is 896. The lowest BCUT2D eigenvalue weighted by Gasteiger charge is -2.30. The van der Waals surface area contributed by atoms with Gasteiger partial charge in [-0.1, -0.05) is 0 Å². The molecule has 0 saturated carbocycles. The first kappa shape index (κ1) is 31.6. The number of hydrogen-bond acceptors (Lipinski definition) is 9. The molecule has 1 rings (SSSR count). The second kappa shape index (κ2) is 15.0. The van der Waals surface area contributed by atoms with Crippen molar-refractivity contribution >= 4 is 91.2 Å². The van der Waals surface area contributed by atoms with Crippen LogP contribution >= 0.6 is 67.8 Å². The molecular formula is C19H26I3N3O9. The third-order valence-electron chi connectivity index (χ3n) is 4.83. The fourth-order valence-corrected chi connectivity index (χ4v) is 7.57. The molecule has 1 aromatic rings. The maximum Gasteiger partial charge on any atom is 0.256 e. The molecule has 0 aromatic heterocycles. The molecule has 1 aromatic carbocycles. The van der Waals surface area contributed by atoms with Crippen LogP contribution in [0.15, 0.2) is 0 Å². The van der Waals surface area contributed by atoms with Gasteiger partial charge < -0.3 is 45.8 Å². The summed E-state index contributed by atoms with van der Waals surface area (Å²) < 4.78 is 0.661. The zero-order valence-electron chi connectivity index (χ0n) is 18.0. The minimum Gasteiger partial charge on any atom is -0.395 e. The number of carbonyl (C=O) groups is 3. The minimum absolute atomic E-state index is 0.00519. The van der Waals surface area contributed by atoms with Crippen molar-refractivity contribution in [3.8, 4) is 0 Å². The first-order valence-electron chi connectivity index (χ1n) is 9.79. The molecular weight excluding hydrogens is 795 g/mol. The number of halogens is 3. The number of amides is 3. The number of aliphatic hydroxyl groups excluding tert-OH is 6. The van der Waals surface area contributed by atoms with Crippen molar-refractivity contribution in [1.29, 1.82) is 0 Å². The summed E-state index contributed by atoms with van der Waals surface area (Å²) in [4.78, 5) is 41.2. The minimum atomic E-state index is -0.982. The van der Waals surface area contributed by atoms with Gasteiger partial charge in [0.25, 0.3) is 17.7 Å². The number of aliphatic hydroxyl groups is 6. The van der Waals surface area contributed by atoms with Crippen LogP contribution in [0, 0.1) is 10.7 Å². The molecule has 7 N–H and O–H groups in total. The van der Waals surface area contributed by atoms with Gasteiger partial charge in [-0.15, -0.1) is 0 Å². The van der Waals surface area contributed by atoms with E-state index in [2.05, 4.69) is 5.32 Å². The van der Waals surface area contributed by atoms with E-state index in [-0.39, 0.29) is 34.1 Å². The van der Waals surface area contributed by atoms with Gasteiger partial charge in [-0.05, 0) is 67.8 Å². The highest BCUT2D eigenvalue weighted by molar-refractivity contribution is 14.1. The quantitative estimate of drug-likeness (QED) is 0.121. The van der Waals surface area contributed by atoms with E-state index in [0.29, 0.717) is 0 Å². The Morgan fingerprint density at radius 3 is 1.82 bits per heavy atom. The van der Waals surface area contributed by atoms with E-state index in [9.17, 15) is 45.0 Å². The summed E-state index contributed by atoms with van der Waals surface area (Å²) >= 11 is 5.43. The van der Waals surface area contributed by atoms with Crippen LogP contribution < -0.4 is 10.2 Å². The number of carbonyl (C=O) groups excluding carboxylic acids is 3. The fourth-order valence-electron chi connectivity index (χ4n) is 2.87. The van der Waals surface area contributed by atoms with Gasteiger partial charge in [0, 0.05) is 17.2 Å². The zero-order chi connectivity index (χ0) is 26.2. The van der Waals surface area contributed by atoms with Crippen molar-refractivity contribution in [1.82, 2.24) is 10.2 Å². The highest BCUT2D eigenvalue weighted by Crippen LogP contribution is 2.38. The van der Waals surface area contributed by atoms with Crippen LogP contribution in [0.1, 0.15) is 20.7 Å². The highest BCUT2D eigenvalue weighted by atomic mass is 127. The summed E-state index contributed by atoms with van der Waals surface area (Å²) in [6.45, 7) is -3.73. The molecule has 0 atom stereocenters. The van der Waals surface area contributed by atoms with Crippen molar-refractivity contribution in [2.24, 2.45) is 0 Å². The molecule has 0 fully saturated rings. The van der Waals surface area contributed by atoms with E-state index < -0.39 is 69.4 Å². The molecule has 0 radical (unpaired) electrons. The number of nitrogens with one attached hydrogen (secondary N) is 1. The van der Waals surface area contributed by atoms with Crippen molar-refractivity contribution in [3.05, 3.63) is 21.8 Å². The lowest BCUT2D eigenvalue weighted by atomic mass is 10.0. The monoisotopic (exact) mass is 821 g/mol. The second-order valence-electron chi connectivity index (χ2n) is 6.94. The third-order valence-corrected chi connectivity index (χ3v) is 8.01. The predicted molar refractivity (Wildman–Crippen MR) is 147 cm³/mol. The second-order valence-corrected chi connectivity index (χ2v) is 10.2. The van der Waals surface area contributed by atoms with Crippen LogP contribution in [0.25, 0.3) is 0 Å². The van der Waals surface area contributed by atoms with Crippen LogP contribution in [0.5, 0.6) is 0 Å². The number of rotatable bonds is 12. The summed E-state index contributed by atoms with van der Waals surface area (Å²) in [7, 11) is 1.36. The summed E-state index contributed by atoms with van der Waals surface area (Å²) in [5, 5.41) is 59.1.